The smallest absolute Gasteiger partial charge is 0.257 e. The number of sulfonamides is 1. The minimum Gasteiger partial charge on any atom is -0.272 e. The van der Waals surface area contributed by atoms with Crippen LogP contribution in [0.2, 0.25) is 0 Å². The van der Waals surface area contributed by atoms with Crippen LogP contribution in [0.5, 0.6) is 0 Å². The van der Waals surface area contributed by atoms with Gasteiger partial charge in [0.25, 0.3) is 15.9 Å². The lowest BCUT2D eigenvalue weighted by Crippen LogP contribution is -2.26. The first-order valence-electron chi connectivity index (χ1n) is 7.27. The molecule has 1 heterocycles. The molecule has 7 heteroatoms. The molecule has 0 fully saturated rings. The van der Waals surface area contributed by atoms with Gasteiger partial charge in [-0.2, -0.15) is 5.10 Å². The van der Waals surface area contributed by atoms with Gasteiger partial charge in [-0.25, -0.2) is 13.1 Å². The van der Waals surface area contributed by atoms with E-state index >= 15 is 0 Å². The van der Waals surface area contributed by atoms with Crippen molar-refractivity contribution in [3.8, 4) is 0 Å². The number of rotatable bonds is 5. The maximum absolute atomic E-state index is 11.9. The van der Waals surface area contributed by atoms with Gasteiger partial charge in [-0.3, -0.25) is 9.48 Å². The molecule has 0 spiro atoms. The highest BCUT2D eigenvalue weighted by Crippen LogP contribution is 2.13. The number of carbonyl (C=O) groups is 1. The number of nitrogens with zero attached hydrogens (tertiary/aromatic N) is 2. The van der Waals surface area contributed by atoms with Crippen molar-refractivity contribution >= 4 is 28.1 Å². The third-order valence-corrected chi connectivity index (χ3v) is 4.43. The Balaban J connectivity index is 2.05. The van der Waals surface area contributed by atoms with E-state index in [2.05, 4.69) is 5.10 Å². The molecule has 1 aromatic carbocycles. The summed E-state index contributed by atoms with van der Waals surface area (Å²) < 4.78 is 27.5. The van der Waals surface area contributed by atoms with Gasteiger partial charge in [-0.05, 0) is 31.6 Å². The van der Waals surface area contributed by atoms with Crippen LogP contribution in [0.15, 0.2) is 41.8 Å². The third kappa shape index (κ3) is 4.66. The lowest BCUT2D eigenvalue weighted by Gasteiger charge is -2.00. The Hall–Kier alpha value is -2.67. The number of nitrogens with one attached hydrogen (secondary N) is 1. The molecule has 24 heavy (non-hydrogen) atoms. The summed E-state index contributed by atoms with van der Waals surface area (Å²) in [5, 5.41) is 5.20. The average molecular weight is 345 g/mol. The molecule has 0 radical (unpaired) electrons. The van der Waals surface area contributed by atoms with Crippen LogP contribution in [0, 0.1) is 13.8 Å². The van der Waals surface area contributed by atoms with Crippen LogP contribution in [0.3, 0.4) is 0 Å². The summed E-state index contributed by atoms with van der Waals surface area (Å²) in [7, 11) is -2.05. The Morgan fingerprint density at radius 3 is 2.42 bits per heavy atom. The highest BCUT2D eigenvalue weighted by atomic mass is 32.2. The second-order valence-electron chi connectivity index (χ2n) is 5.27. The first-order valence-corrected chi connectivity index (χ1v) is 8.81. The fourth-order valence-electron chi connectivity index (χ4n) is 2.13. The third-order valence-electron chi connectivity index (χ3n) is 3.45. The quantitative estimate of drug-likeness (QED) is 0.842. The second kappa shape index (κ2) is 7.27. The predicted octanol–water partition coefficient (Wildman–Crippen LogP) is 2.17. The largest absolute Gasteiger partial charge is 0.272 e. The Labute approximate surface area is 141 Å². The molecule has 0 aliphatic carbocycles. The average Bonchev–Trinajstić information content (AvgIpc) is 2.77. The SMILES string of the molecule is Cc1nn(C)c(C)c1/C=C\C(=O)NS(=O)(=O)/C=C\c1ccccc1. The molecular formula is C17H19N3O3S. The van der Waals surface area contributed by atoms with E-state index in [1.165, 1.54) is 12.2 Å². The molecule has 0 aliphatic rings. The summed E-state index contributed by atoms with van der Waals surface area (Å²) in [5.74, 6) is -0.713. The Kier molecular flexibility index (Phi) is 5.35. The zero-order valence-corrected chi connectivity index (χ0v) is 14.5. The molecule has 1 N–H and O–H groups in total. The second-order valence-corrected chi connectivity index (χ2v) is 6.83. The number of aromatic nitrogens is 2. The van der Waals surface area contributed by atoms with Crippen LogP contribution >= 0.6 is 0 Å². The van der Waals surface area contributed by atoms with Crippen LogP contribution in [0.25, 0.3) is 12.2 Å². The Morgan fingerprint density at radius 2 is 1.83 bits per heavy atom. The summed E-state index contributed by atoms with van der Waals surface area (Å²) >= 11 is 0. The lowest BCUT2D eigenvalue weighted by molar-refractivity contribution is -0.114. The number of hydrogen-bond acceptors (Lipinski definition) is 4. The van der Waals surface area contributed by atoms with Gasteiger partial charge in [0.2, 0.25) is 0 Å². The predicted molar refractivity (Wildman–Crippen MR) is 94.3 cm³/mol. The van der Waals surface area contributed by atoms with Crippen molar-refractivity contribution in [2.45, 2.75) is 13.8 Å². The van der Waals surface area contributed by atoms with Crippen molar-refractivity contribution in [1.29, 1.82) is 0 Å². The first kappa shape index (κ1) is 17.7. The monoisotopic (exact) mass is 345 g/mol. The number of amides is 1. The van der Waals surface area contributed by atoms with Crippen LogP contribution < -0.4 is 4.72 Å². The highest BCUT2D eigenvalue weighted by Gasteiger charge is 2.10. The summed E-state index contributed by atoms with van der Waals surface area (Å²) in [5.41, 5.74) is 3.19. The minimum atomic E-state index is -3.85. The molecule has 0 unspecified atom stereocenters. The fraction of sp³-hybridized carbons (Fsp3) is 0.176. The normalized spacial score (nSPS) is 12.1. The zero-order valence-electron chi connectivity index (χ0n) is 13.7. The molecule has 2 rings (SSSR count). The van der Waals surface area contributed by atoms with E-state index in [1.54, 1.807) is 42.1 Å². The lowest BCUT2D eigenvalue weighted by atomic mass is 10.2. The van der Waals surface area contributed by atoms with Gasteiger partial charge >= 0.3 is 0 Å². The van der Waals surface area contributed by atoms with E-state index in [9.17, 15) is 13.2 Å². The molecule has 0 aliphatic heterocycles. The number of aryl methyl sites for hydroxylation is 2. The zero-order chi connectivity index (χ0) is 17.7. The van der Waals surface area contributed by atoms with Crippen molar-refractivity contribution < 1.29 is 13.2 Å². The maximum atomic E-state index is 11.9. The van der Waals surface area contributed by atoms with Crippen molar-refractivity contribution in [2.24, 2.45) is 7.05 Å². The van der Waals surface area contributed by atoms with E-state index in [1.807, 2.05) is 24.6 Å². The highest BCUT2D eigenvalue weighted by molar-refractivity contribution is 7.93. The van der Waals surface area contributed by atoms with Gasteiger partial charge in [0, 0.05) is 24.4 Å². The molecule has 1 aromatic heterocycles. The summed E-state index contributed by atoms with van der Waals surface area (Å²) in [4.78, 5) is 11.8. The van der Waals surface area contributed by atoms with E-state index < -0.39 is 15.9 Å². The fourth-order valence-corrected chi connectivity index (χ4v) is 2.88. The van der Waals surface area contributed by atoms with Gasteiger partial charge in [0.1, 0.15) is 0 Å². The molecule has 6 nitrogen and oxygen atoms in total. The van der Waals surface area contributed by atoms with E-state index in [-0.39, 0.29) is 0 Å². The standard InChI is InChI=1S/C17H19N3O3S/c1-13-16(14(2)20(3)18-13)9-10-17(21)19-24(22,23)12-11-15-7-5-4-6-8-15/h4-12H,1-3H3,(H,19,21)/b10-9-,12-11-. The van der Waals surface area contributed by atoms with Crippen molar-refractivity contribution in [1.82, 2.24) is 14.5 Å². The number of hydrogen-bond donors (Lipinski definition) is 1. The molecule has 2 aromatic rings. The molecule has 0 saturated heterocycles. The number of carbonyl (C=O) groups excluding carboxylic acids is 1. The summed E-state index contributed by atoms with van der Waals surface area (Å²) in [6, 6.07) is 8.96. The maximum Gasteiger partial charge on any atom is 0.257 e. The van der Waals surface area contributed by atoms with Gasteiger partial charge < -0.3 is 0 Å². The van der Waals surface area contributed by atoms with Crippen molar-refractivity contribution in [2.75, 3.05) is 0 Å². The van der Waals surface area contributed by atoms with Crippen LogP contribution in [-0.2, 0) is 21.9 Å². The number of benzene rings is 1. The molecule has 0 saturated carbocycles. The van der Waals surface area contributed by atoms with Gasteiger partial charge in [0.15, 0.2) is 0 Å². The van der Waals surface area contributed by atoms with E-state index in [0.29, 0.717) is 0 Å². The molecule has 1 amide bonds. The molecule has 126 valence electrons. The molecule has 0 bridgehead atoms. The summed E-state index contributed by atoms with van der Waals surface area (Å²) in [6.07, 6.45) is 4.17. The van der Waals surface area contributed by atoms with E-state index in [0.717, 1.165) is 27.9 Å². The van der Waals surface area contributed by atoms with Crippen molar-refractivity contribution in [3.05, 3.63) is 64.3 Å². The summed E-state index contributed by atoms with van der Waals surface area (Å²) in [6.45, 7) is 3.70. The van der Waals surface area contributed by atoms with Crippen LogP contribution in [-0.4, -0.2) is 24.1 Å². The minimum absolute atomic E-state index is 0.713. The van der Waals surface area contributed by atoms with Gasteiger partial charge in [0.05, 0.1) is 11.1 Å². The molecular weight excluding hydrogens is 326 g/mol. The Morgan fingerprint density at radius 1 is 1.17 bits per heavy atom. The first-order chi connectivity index (χ1) is 11.3. The van der Waals surface area contributed by atoms with Crippen LogP contribution in [0.4, 0.5) is 0 Å². The van der Waals surface area contributed by atoms with Crippen molar-refractivity contribution in [3.63, 3.8) is 0 Å². The van der Waals surface area contributed by atoms with Gasteiger partial charge in [-0.15, -0.1) is 0 Å². The van der Waals surface area contributed by atoms with Crippen LogP contribution in [0.1, 0.15) is 22.5 Å². The topological polar surface area (TPSA) is 81.1 Å². The van der Waals surface area contributed by atoms with Gasteiger partial charge in [-0.1, -0.05) is 30.3 Å². The Bertz CT molecular complexity index is 895. The molecule has 0 atom stereocenters. The van der Waals surface area contributed by atoms with E-state index in [4.69, 9.17) is 0 Å².